The molecule has 0 unspecified atom stereocenters. The number of methoxy groups -OCH3 is 1. The maximum absolute atomic E-state index is 13.1. The van der Waals surface area contributed by atoms with Crippen LogP contribution >= 0.6 is 0 Å². The lowest BCUT2D eigenvalue weighted by Gasteiger charge is -2.08. The third-order valence-electron chi connectivity index (χ3n) is 2.09. The van der Waals surface area contributed by atoms with E-state index in [-0.39, 0.29) is 13.0 Å². The van der Waals surface area contributed by atoms with Crippen molar-refractivity contribution in [3.8, 4) is 0 Å². The molecule has 0 amide bonds. The maximum atomic E-state index is 13.1. The summed E-state index contributed by atoms with van der Waals surface area (Å²) in [4.78, 5) is 10.8. The Morgan fingerprint density at radius 1 is 1.29 bits per heavy atom. The zero-order valence-corrected chi connectivity index (χ0v) is 9.23. The van der Waals surface area contributed by atoms with Crippen molar-refractivity contribution in [3.63, 3.8) is 0 Å². The molecule has 1 N–H and O–H groups in total. The molecular formula is C11H12F3NO2. The highest BCUT2D eigenvalue weighted by atomic mass is 19.1. The molecule has 1 aromatic carbocycles. The second-order valence-electron chi connectivity index (χ2n) is 3.35. The summed E-state index contributed by atoms with van der Waals surface area (Å²) in [5.74, 6) is -3.37. The first-order chi connectivity index (χ1) is 8.04. The number of rotatable bonds is 5. The SMILES string of the molecule is COC(=O)CCCNc1c(F)cc(F)cc1F. The van der Waals surface area contributed by atoms with E-state index in [1.807, 2.05) is 0 Å². The zero-order chi connectivity index (χ0) is 12.8. The molecule has 1 rings (SSSR count). The third kappa shape index (κ3) is 3.97. The van der Waals surface area contributed by atoms with Gasteiger partial charge in [-0.15, -0.1) is 0 Å². The van der Waals surface area contributed by atoms with Crippen LogP contribution in [0.3, 0.4) is 0 Å². The number of hydrogen-bond donors (Lipinski definition) is 1. The first kappa shape index (κ1) is 13.3. The number of ether oxygens (including phenoxy) is 1. The number of nitrogens with one attached hydrogen (secondary N) is 1. The first-order valence-corrected chi connectivity index (χ1v) is 5.00. The second kappa shape index (κ2) is 6.12. The fourth-order valence-corrected chi connectivity index (χ4v) is 1.26. The van der Waals surface area contributed by atoms with Crippen molar-refractivity contribution in [2.75, 3.05) is 19.0 Å². The molecule has 0 bridgehead atoms. The van der Waals surface area contributed by atoms with E-state index in [9.17, 15) is 18.0 Å². The second-order valence-corrected chi connectivity index (χ2v) is 3.35. The number of esters is 1. The Kier molecular flexibility index (Phi) is 4.81. The molecule has 94 valence electrons. The number of carbonyl (C=O) groups is 1. The average Bonchev–Trinajstić information content (AvgIpc) is 2.26. The minimum atomic E-state index is -0.999. The Hall–Kier alpha value is -1.72. The quantitative estimate of drug-likeness (QED) is 0.641. The molecule has 0 radical (unpaired) electrons. The van der Waals surface area contributed by atoms with E-state index < -0.39 is 29.1 Å². The Balaban J connectivity index is 2.50. The van der Waals surface area contributed by atoms with Crippen molar-refractivity contribution in [1.29, 1.82) is 0 Å². The molecule has 3 nitrogen and oxygen atoms in total. The first-order valence-electron chi connectivity index (χ1n) is 5.00. The molecule has 0 fully saturated rings. The van der Waals surface area contributed by atoms with Crippen molar-refractivity contribution in [2.45, 2.75) is 12.8 Å². The van der Waals surface area contributed by atoms with Gasteiger partial charge in [-0.1, -0.05) is 0 Å². The lowest BCUT2D eigenvalue weighted by atomic mass is 10.2. The molecule has 17 heavy (non-hydrogen) atoms. The fourth-order valence-electron chi connectivity index (χ4n) is 1.26. The van der Waals surface area contributed by atoms with E-state index in [4.69, 9.17) is 0 Å². The minimum Gasteiger partial charge on any atom is -0.469 e. The molecule has 0 aliphatic heterocycles. The zero-order valence-electron chi connectivity index (χ0n) is 9.23. The van der Waals surface area contributed by atoms with Gasteiger partial charge in [-0.05, 0) is 6.42 Å². The summed E-state index contributed by atoms with van der Waals surface area (Å²) in [7, 11) is 1.26. The number of hydrogen-bond acceptors (Lipinski definition) is 3. The van der Waals surface area contributed by atoms with Crippen LogP contribution < -0.4 is 5.32 Å². The van der Waals surface area contributed by atoms with Gasteiger partial charge in [0.1, 0.15) is 11.5 Å². The summed E-state index contributed by atoms with van der Waals surface area (Å²) in [6.07, 6.45) is 0.511. The highest BCUT2D eigenvalue weighted by Gasteiger charge is 2.10. The number of anilines is 1. The van der Waals surface area contributed by atoms with Gasteiger partial charge in [0.05, 0.1) is 7.11 Å². The van der Waals surface area contributed by atoms with Crippen molar-refractivity contribution in [3.05, 3.63) is 29.6 Å². The third-order valence-corrected chi connectivity index (χ3v) is 2.09. The topological polar surface area (TPSA) is 38.3 Å². The van der Waals surface area contributed by atoms with Gasteiger partial charge in [0.15, 0.2) is 11.6 Å². The van der Waals surface area contributed by atoms with E-state index in [2.05, 4.69) is 10.1 Å². The molecule has 6 heteroatoms. The summed E-state index contributed by atoms with van der Waals surface area (Å²) < 4.78 is 43.2. The molecule has 0 spiro atoms. The van der Waals surface area contributed by atoms with Crippen LogP contribution in [0.1, 0.15) is 12.8 Å². The van der Waals surface area contributed by atoms with E-state index in [1.54, 1.807) is 0 Å². The minimum absolute atomic E-state index is 0.147. The summed E-state index contributed by atoms with van der Waals surface area (Å²) in [5.41, 5.74) is -0.392. The maximum Gasteiger partial charge on any atom is 0.305 e. The number of carbonyl (C=O) groups excluding carboxylic acids is 1. The largest absolute Gasteiger partial charge is 0.469 e. The monoisotopic (exact) mass is 247 g/mol. The van der Waals surface area contributed by atoms with Gasteiger partial charge < -0.3 is 10.1 Å². The average molecular weight is 247 g/mol. The van der Waals surface area contributed by atoms with Crippen molar-refractivity contribution in [1.82, 2.24) is 0 Å². The molecule has 1 aromatic rings. The van der Waals surface area contributed by atoms with E-state index in [0.717, 1.165) is 0 Å². The van der Waals surface area contributed by atoms with E-state index in [1.165, 1.54) is 7.11 Å². The Morgan fingerprint density at radius 2 is 1.88 bits per heavy atom. The Bertz CT molecular complexity index is 387. The lowest BCUT2D eigenvalue weighted by molar-refractivity contribution is -0.140. The molecule has 0 saturated heterocycles. The van der Waals surface area contributed by atoms with Gasteiger partial charge in [-0.3, -0.25) is 4.79 Å². The van der Waals surface area contributed by atoms with Gasteiger partial charge in [0.2, 0.25) is 0 Å². The molecular weight excluding hydrogens is 235 g/mol. The summed E-state index contributed by atoms with van der Waals surface area (Å²) in [5, 5.41) is 2.46. The summed E-state index contributed by atoms with van der Waals surface area (Å²) >= 11 is 0. The van der Waals surface area contributed by atoms with Crippen molar-refractivity contribution in [2.24, 2.45) is 0 Å². The van der Waals surface area contributed by atoms with Gasteiger partial charge in [0, 0.05) is 25.1 Å². The van der Waals surface area contributed by atoms with Gasteiger partial charge in [-0.25, -0.2) is 13.2 Å². The van der Waals surface area contributed by atoms with Gasteiger partial charge >= 0.3 is 5.97 Å². The summed E-state index contributed by atoms with van der Waals surface area (Å²) in [6, 6.07) is 1.18. The highest BCUT2D eigenvalue weighted by molar-refractivity contribution is 5.69. The highest BCUT2D eigenvalue weighted by Crippen LogP contribution is 2.19. The normalized spacial score (nSPS) is 10.1. The van der Waals surface area contributed by atoms with Crippen LogP contribution in [0.2, 0.25) is 0 Å². The van der Waals surface area contributed by atoms with Gasteiger partial charge in [-0.2, -0.15) is 0 Å². The standard InChI is InChI=1S/C11H12F3NO2/c1-17-10(16)3-2-4-15-11-8(13)5-7(12)6-9(11)14/h5-6,15H,2-4H2,1H3. The van der Waals surface area contributed by atoms with Crippen LogP contribution in [-0.2, 0) is 9.53 Å². The van der Waals surface area contributed by atoms with Gasteiger partial charge in [0.25, 0.3) is 0 Å². The van der Waals surface area contributed by atoms with Crippen LogP contribution in [0.25, 0.3) is 0 Å². The molecule has 0 saturated carbocycles. The molecule has 0 aliphatic rings. The predicted molar refractivity (Wildman–Crippen MR) is 56.1 cm³/mol. The smallest absolute Gasteiger partial charge is 0.305 e. The van der Waals surface area contributed by atoms with Crippen LogP contribution in [0.5, 0.6) is 0 Å². The van der Waals surface area contributed by atoms with Crippen LogP contribution in [0, 0.1) is 17.5 Å². The Morgan fingerprint density at radius 3 is 2.41 bits per heavy atom. The van der Waals surface area contributed by atoms with Crippen LogP contribution in [-0.4, -0.2) is 19.6 Å². The number of halogens is 3. The molecule has 0 aromatic heterocycles. The fraction of sp³-hybridized carbons (Fsp3) is 0.364. The van der Waals surface area contributed by atoms with Crippen LogP contribution in [0.15, 0.2) is 12.1 Å². The van der Waals surface area contributed by atoms with E-state index >= 15 is 0 Å². The predicted octanol–water partition coefficient (Wildman–Crippen LogP) is 2.47. The van der Waals surface area contributed by atoms with Crippen LogP contribution in [0.4, 0.5) is 18.9 Å². The number of benzene rings is 1. The molecule has 0 atom stereocenters. The molecule has 0 aliphatic carbocycles. The lowest BCUT2D eigenvalue weighted by Crippen LogP contribution is -2.09. The van der Waals surface area contributed by atoms with Crippen molar-refractivity contribution < 1.29 is 22.7 Å². The summed E-state index contributed by atoms with van der Waals surface area (Å²) in [6.45, 7) is 0.189. The molecule has 0 heterocycles. The van der Waals surface area contributed by atoms with Crippen molar-refractivity contribution >= 4 is 11.7 Å². The van der Waals surface area contributed by atoms with E-state index in [0.29, 0.717) is 18.6 Å². The Labute approximate surface area is 96.6 Å².